The predicted octanol–water partition coefficient (Wildman–Crippen LogP) is 3.00. The van der Waals surface area contributed by atoms with Crippen LogP contribution in [0.3, 0.4) is 0 Å². The van der Waals surface area contributed by atoms with Crippen molar-refractivity contribution in [1.29, 1.82) is 0 Å². The van der Waals surface area contributed by atoms with Crippen molar-refractivity contribution in [3.8, 4) is 0 Å². The fraction of sp³-hybridized carbons (Fsp3) is 0.500. The summed E-state index contributed by atoms with van der Waals surface area (Å²) in [6.45, 7) is 1.90. The average molecular weight is 287 g/mol. The Kier molecular flexibility index (Phi) is 3.77. The number of hydrogen-bond acceptors (Lipinski definition) is 2. The van der Waals surface area contributed by atoms with Gasteiger partial charge in [-0.15, -0.1) is 0 Å². The minimum absolute atomic E-state index is 0.112. The summed E-state index contributed by atoms with van der Waals surface area (Å²) in [6, 6.07) is 4.47. The Morgan fingerprint density at radius 1 is 1.35 bits per heavy atom. The van der Waals surface area contributed by atoms with E-state index < -0.39 is 23.2 Å². The van der Waals surface area contributed by atoms with E-state index in [0.29, 0.717) is 12.5 Å². The SMILES string of the molecule is CC(NCC1CC1)(C(=O)O)c1cccc(C(F)(F)F)c1. The molecule has 0 radical (unpaired) electrons. The predicted molar refractivity (Wildman–Crippen MR) is 67.2 cm³/mol. The highest BCUT2D eigenvalue weighted by molar-refractivity contribution is 5.80. The van der Waals surface area contributed by atoms with E-state index in [9.17, 15) is 23.1 Å². The quantitative estimate of drug-likeness (QED) is 0.875. The van der Waals surface area contributed by atoms with Crippen molar-refractivity contribution in [2.24, 2.45) is 5.92 Å². The van der Waals surface area contributed by atoms with Gasteiger partial charge in [0.05, 0.1) is 5.56 Å². The molecule has 1 unspecified atom stereocenters. The van der Waals surface area contributed by atoms with Gasteiger partial charge < -0.3 is 5.11 Å². The molecule has 1 aromatic carbocycles. The first-order chi connectivity index (χ1) is 9.23. The highest BCUT2D eigenvalue weighted by Crippen LogP contribution is 2.33. The summed E-state index contributed by atoms with van der Waals surface area (Å²) < 4.78 is 38.1. The second kappa shape index (κ2) is 5.09. The molecule has 0 saturated heterocycles. The molecule has 6 heteroatoms. The number of carbonyl (C=O) groups is 1. The first-order valence-corrected chi connectivity index (χ1v) is 6.39. The van der Waals surface area contributed by atoms with E-state index in [1.54, 1.807) is 0 Å². The molecule has 0 aromatic heterocycles. The number of aliphatic carboxylic acids is 1. The summed E-state index contributed by atoms with van der Waals surface area (Å²) in [7, 11) is 0. The van der Waals surface area contributed by atoms with Gasteiger partial charge in [-0.3, -0.25) is 5.32 Å². The zero-order valence-corrected chi connectivity index (χ0v) is 11.0. The van der Waals surface area contributed by atoms with Gasteiger partial charge >= 0.3 is 12.1 Å². The van der Waals surface area contributed by atoms with Crippen molar-refractivity contribution < 1.29 is 23.1 Å². The van der Waals surface area contributed by atoms with E-state index in [4.69, 9.17) is 0 Å². The van der Waals surface area contributed by atoms with Gasteiger partial charge in [-0.25, -0.2) is 4.79 Å². The molecule has 0 heterocycles. The van der Waals surface area contributed by atoms with Crippen molar-refractivity contribution in [3.05, 3.63) is 35.4 Å². The monoisotopic (exact) mass is 287 g/mol. The largest absolute Gasteiger partial charge is 0.480 e. The number of nitrogens with one attached hydrogen (secondary N) is 1. The molecule has 1 aliphatic rings. The van der Waals surface area contributed by atoms with Gasteiger partial charge in [0.25, 0.3) is 0 Å². The smallest absolute Gasteiger partial charge is 0.416 e. The second-order valence-electron chi connectivity index (χ2n) is 5.33. The molecule has 110 valence electrons. The highest BCUT2D eigenvalue weighted by atomic mass is 19.4. The molecule has 2 rings (SSSR count). The lowest BCUT2D eigenvalue weighted by molar-refractivity contribution is -0.145. The van der Waals surface area contributed by atoms with Crippen LogP contribution in [0, 0.1) is 5.92 Å². The Morgan fingerprint density at radius 2 is 1.95 bits per heavy atom. The molecule has 0 aliphatic heterocycles. The van der Waals surface area contributed by atoms with Crippen LogP contribution in [-0.4, -0.2) is 17.6 Å². The number of carboxylic acid groups (broad SMARTS) is 1. The topological polar surface area (TPSA) is 49.3 Å². The van der Waals surface area contributed by atoms with Gasteiger partial charge in [-0.2, -0.15) is 13.2 Å². The van der Waals surface area contributed by atoms with Gasteiger partial charge in [-0.05, 0) is 49.9 Å². The molecule has 1 fully saturated rings. The van der Waals surface area contributed by atoms with E-state index in [1.165, 1.54) is 19.1 Å². The molecule has 0 spiro atoms. The summed E-state index contributed by atoms with van der Waals surface area (Å²) >= 11 is 0. The lowest BCUT2D eigenvalue weighted by Crippen LogP contribution is -2.47. The van der Waals surface area contributed by atoms with Crippen molar-refractivity contribution in [3.63, 3.8) is 0 Å². The molecule has 1 atom stereocenters. The third-order valence-electron chi connectivity index (χ3n) is 3.64. The van der Waals surface area contributed by atoms with Crippen LogP contribution in [0.1, 0.15) is 30.9 Å². The molecule has 20 heavy (non-hydrogen) atoms. The van der Waals surface area contributed by atoms with Gasteiger partial charge in [0.2, 0.25) is 0 Å². The van der Waals surface area contributed by atoms with Gasteiger partial charge in [0.1, 0.15) is 5.54 Å². The number of benzene rings is 1. The summed E-state index contributed by atoms with van der Waals surface area (Å²) in [5.74, 6) is -0.753. The lowest BCUT2D eigenvalue weighted by Gasteiger charge is -2.27. The minimum atomic E-state index is -4.48. The zero-order valence-electron chi connectivity index (χ0n) is 11.0. The third-order valence-corrected chi connectivity index (χ3v) is 3.64. The standard InChI is InChI=1S/C14H16F3NO2/c1-13(12(19)20,18-8-9-5-6-9)10-3-2-4-11(7-10)14(15,16)17/h2-4,7,9,18H,5-6,8H2,1H3,(H,19,20). The average Bonchev–Trinajstić information content (AvgIpc) is 3.19. The van der Waals surface area contributed by atoms with Gasteiger partial charge in [-0.1, -0.05) is 12.1 Å². The van der Waals surface area contributed by atoms with Crippen molar-refractivity contribution in [2.75, 3.05) is 6.54 Å². The maximum Gasteiger partial charge on any atom is 0.416 e. The molecule has 0 amide bonds. The summed E-state index contributed by atoms with van der Waals surface area (Å²) in [5, 5.41) is 12.3. The summed E-state index contributed by atoms with van der Waals surface area (Å²) in [4.78, 5) is 11.5. The van der Waals surface area contributed by atoms with Crippen LogP contribution in [0.5, 0.6) is 0 Å². The number of hydrogen-bond donors (Lipinski definition) is 2. The molecule has 3 nitrogen and oxygen atoms in total. The Labute approximate surface area is 114 Å². The zero-order chi connectivity index (χ0) is 15.0. The fourth-order valence-electron chi connectivity index (χ4n) is 1.98. The second-order valence-corrected chi connectivity index (χ2v) is 5.33. The Hall–Kier alpha value is -1.56. The highest BCUT2D eigenvalue weighted by Gasteiger charge is 2.39. The number of halogens is 3. The number of alkyl halides is 3. The Balaban J connectivity index is 2.30. The number of carboxylic acids is 1. The third kappa shape index (κ3) is 3.12. The first-order valence-electron chi connectivity index (χ1n) is 6.39. The maximum atomic E-state index is 12.7. The van der Waals surface area contributed by atoms with E-state index in [0.717, 1.165) is 25.0 Å². The van der Waals surface area contributed by atoms with Crippen LogP contribution < -0.4 is 5.32 Å². The normalized spacial score (nSPS) is 18.6. The summed E-state index contributed by atoms with van der Waals surface area (Å²) in [5.41, 5.74) is -2.24. The van der Waals surface area contributed by atoms with E-state index in [-0.39, 0.29) is 5.56 Å². The van der Waals surface area contributed by atoms with Crippen molar-refractivity contribution in [2.45, 2.75) is 31.5 Å². The van der Waals surface area contributed by atoms with Crippen LogP contribution >= 0.6 is 0 Å². The number of rotatable bonds is 5. The molecular formula is C14H16F3NO2. The Bertz CT molecular complexity index is 511. The lowest BCUT2D eigenvalue weighted by atomic mass is 9.90. The fourth-order valence-corrected chi connectivity index (χ4v) is 1.98. The van der Waals surface area contributed by atoms with Crippen LogP contribution in [-0.2, 0) is 16.5 Å². The van der Waals surface area contributed by atoms with Crippen LogP contribution in [0.15, 0.2) is 24.3 Å². The molecule has 0 bridgehead atoms. The van der Waals surface area contributed by atoms with E-state index in [1.807, 2.05) is 0 Å². The van der Waals surface area contributed by atoms with E-state index >= 15 is 0 Å². The van der Waals surface area contributed by atoms with Crippen molar-refractivity contribution >= 4 is 5.97 Å². The molecule has 2 N–H and O–H groups in total. The molecule has 1 aliphatic carbocycles. The van der Waals surface area contributed by atoms with Crippen LogP contribution in [0.2, 0.25) is 0 Å². The maximum absolute atomic E-state index is 12.7. The summed E-state index contributed by atoms with van der Waals surface area (Å²) in [6.07, 6.45) is -2.41. The van der Waals surface area contributed by atoms with Crippen LogP contribution in [0.25, 0.3) is 0 Å². The van der Waals surface area contributed by atoms with E-state index in [2.05, 4.69) is 5.32 Å². The first kappa shape index (κ1) is 14.8. The Morgan fingerprint density at radius 3 is 2.45 bits per heavy atom. The van der Waals surface area contributed by atoms with Crippen LogP contribution in [0.4, 0.5) is 13.2 Å². The molecule has 1 saturated carbocycles. The minimum Gasteiger partial charge on any atom is -0.480 e. The van der Waals surface area contributed by atoms with Crippen molar-refractivity contribution in [1.82, 2.24) is 5.32 Å². The van der Waals surface area contributed by atoms with Gasteiger partial charge in [0.15, 0.2) is 0 Å². The van der Waals surface area contributed by atoms with Gasteiger partial charge in [0, 0.05) is 0 Å². The molecular weight excluding hydrogens is 271 g/mol. The molecule has 1 aromatic rings.